The van der Waals surface area contributed by atoms with Crippen molar-refractivity contribution in [2.45, 2.75) is 38.5 Å². The molecule has 0 bridgehead atoms. The number of carbonyl (C=O) groups excluding carboxylic acids is 1. The number of hydrogen-bond donors (Lipinski definition) is 1. The molecule has 2 atom stereocenters. The van der Waals surface area contributed by atoms with Gasteiger partial charge in [0.05, 0.1) is 30.4 Å². The smallest absolute Gasteiger partial charge is 0.379 e. The van der Waals surface area contributed by atoms with Crippen LogP contribution in [-0.2, 0) is 10.9 Å². The summed E-state index contributed by atoms with van der Waals surface area (Å²) < 4.78 is 45.7. The molecule has 1 aliphatic heterocycles. The molecule has 0 saturated carbocycles. The summed E-state index contributed by atoms with van der Waals surface area (Å²) >= 11 is 1.52. The van der Waals surface area contributed by atoms with Crippen molar-refractivity contribution in [2.75, 3.05) is 13.2 Å². The zero-order valence-corrected chi connectivity index (χ0v) is 19.7. The van der Waals surface area contributed by atoms with Gasteiger partial charge in [0, 0.05) is 52.2 Å². The fourth-order valence-corrected chi connectivity index (χ4v) is 4.80. The molecule has 0 radical (unpaired) electrons. The van der Waals surface area contributed by atoms with Crippen molar-refractivity contribution in [1.29, 1.82) is 0 Å². The number of fused-ring (bicyclic) bond motifs is 1. The Morgan fingerprint density at radius 1 is 1.20 bits per heavy atom. The van der Waals surface area contributed by atoms with Crippen LogP contribution in [0.2, 0.25) is 0 Å². The number of nitrogens with zero attached hydrogens (tertiary/aromatic N) is 5. The highest BCUT2D eigenvalue weighted by molar-refractivity contribution is 7.15. The molecule has 1 aliphatic rings. The number of amides is 1. The van der Waals surface area contributed by atoms with Crippen molar-refractivity contribution in [2.24, 2.45) is 0 Å². The van der Waals surface area contributed by atoms with Crippen molar-refractivity contribution < 1.29 is 22.7 Å². The number of aryl methyl sites for hydroxylation is 1. The molecule has 182 valence electrons. The van der Waals surface area contributed by atoms with Crippen LogP contribution in [0.15, 0.2) is 36.9 Å². The van der Waals surface area contributed by atoms with Crippen LogP contribution in [0.4, 0.5) is 13.2 Å². The minimum Gasteiger partial charge on any atom is -0.379 e. The molecule has 0 spiro atoms. The first kappa shape index (κ1) is 23.4. The Morgan fingerprint density at radius 2 is 1.97 bits per heavy atom. The number of aromatic nitrogens is 5. The van der Waals surface area contributed by atoms with Crippen molar-refractivity contribution in [3.8, 4) is 10.6 Å². The van der Waals surface area contributed by atoms with E-state index in [2.05, 4.69) is 25.4 Å². The molecule has 1 saturated heterocycles. The first-order chi connectivity index (χ1) is 16.7. The van der Waals surface area contributed by atoms with Crippen LogP contribution in [0.1, 0.15) is 52.1 Å². The molecule has 1 fully saturated rings. The average Bonchev–Trinajstić information content (AvgIpc) is 3.58. The Bertz CT molecular complexity index is 1380. The van der Waals surface area contributed by atoms with Gasteiger partial charge in [0.25, 0.3) is 5.91 Å². The highest BCUT2D eigenvalue weighted by atomic mass is 32.1. The third-order valence-electron chi connectivity index (χ3n) is 5.85. The van der Waals surface area contributed by atoms with Gasteiger partial charge in [0.2, 0.25) is 5.82 Å². The average molecular weight is 503 g/mol. The number of alkyl halides is 3. The van der Waals surface area contributed by atoms with Crippen LogP contribution in [-0.4, -0.2) is 43.9 Å². The lowest BCUT2D eigenvalue weighted by Crippen LogP contribution is -2.27. The Balaban J connectivity index is 1.49. The predicted molar refractivity (Wildman–Crippen MR) is 123 cm³/mol. The minimum atomic E-state index is -4.63. The molecule has 5 rings (SSSR count). The third-order valence-corrected chi connectivity index (χ3v) is 6.80. The van der Waals surface area contributed by atoms with E-state index >= 15 is 0 Å². The number of carbonyl (C=O) groups is 1. The molecule has 4 aromatic rings. The van der Waals surface area contributed by atoms with Crippen LogP contribution in [0.3, 0.4) is 0 Å². The monoisotopic (exact) mass is 502 g/mol. The summed E-state index contributed by atoms with van der Waals surface area (Å²) in [6.07, 6.45) is 1.90. The Kier molecular flexibility index (Phi) is 6.01. The molecule has 1 N–H and O–H groups in total. The van der Waals surface area contributed by atoms with Gasteiger partial charge >= 0.3 is 6.18 Å². The summed E-state index contributed by atoms with van der Waals surface area (Å²) in [6, 6.07) is 3.00. The number of halogens is 3. The summed E-state index contributed by atoms with van der Waals surface area (Å²) in [5.41, 5.74) is 2.33. The first-order valence-corrected chi connectivity index (χ1v) is 11.7. The van der Waals surface area contributed by atoms with E-state index in [0.717, 1.165) is 45.2 Å². The molecule has 8 nitrogen and oxygen atoms in total. The van der Waals surface area contributed by atoms with Gasteiger partial charge in [-0.2, -0.15) is 18.3 Å². The quantitative estimate of drug-likeness (QED) is 0.424. The lowest BCUT2D eigenvalue weighted by atomic mass is 10.0. The maximum Gasteiger partial charge on any atom is 0.451 e. The highest BCUT2D eigenvalue weighted by Crippen LogP contribution is 2.35. The van der Waals surface area contributed by atoms with Crippen LogP contribution in [0, 0.1) is 6.92 Å². The summed E-state index contributed by atoms with van der Waals surface area (Å²) in [5.74, 6) is -1.61. The van der Waals surface area contributed by atoms with E-state index in [1.807, 2.05) is 11.6 Å². The maximum absolute atomic E-state index is 13.2. The van der Waals surface area contributed by atoms with Gasteiger partial charge in [-0.15, -0.1) is 11.3 Å². The third kappa shape index (κ3) is 4.63. The number of thiazole rings is 1. The van der Waals surface area contributed by atoms with Crippen LogP contribution >= 0.6 is 11.3 Å². The molecule has 0 aliphatic carbocycles. The fraction of sp³-hybridized carbons (Fsp3) is 0.348. The van der Waals surface area contributed by atoms with Crippen LogP contribution < -0.4 is 5.32 Å². The van der Waals surface area contributed by atoms with E-state index in [1.165, 1.54) is 11.3 Å². The topological polar surface area (TPSA) is 94.8 Å². The van der Waals surface area contributed by atoms with Crippen molar-refractivity contribution in [3.63, 3.8) is 0 Å². The molecule has 1 aromatic carbocycles. The maximum atomic E-state index is 13.2. The largest absolute Gasteiger partial charge is 0.451 e. The predicted octanol–water partition coefficient (Wildman–Crippen LogP) is 4.73. The van der Waals surface area contributed by atoms with Gasteiger partial charge in [-0.05, 0) is 32.4 Å². The van der Waals surface area contributed by atoms with E-state index in [-0.39, 0.29) is 11.9 Å². The zero-order valence-electron chi connectivity index (χ0n) is 18.8. The van der Waals surface area contributed by atoms with Crippen molar-refractivity contribution >= 4 is 28.1 Å². The number of benzene rings is 1. The van der Waals surface area contributed by atoms with Crippen molar-refractivity contribution in [3.05, 3.63) is 58.7 Å². The zero-order chi connectivity index (χ0) is 24.7. The summed E-state index contributed by atoms with van der Waals surface area (Å²) in [4.78, 5) is 25.5. The second-order valence-electron chi connectivity index (χ2n) is 8.37. The van der Waals surface area contributed by atoms with E-state index in [0.29, 0.717) is 24.3 Å². The molecular weight excluding hydrogens is 481 g/mol. The molecule has 3 aromatic heterocycles. The second-order valence-corrected chi connectivity index (χ2v) is 9.61. The number of hydrogen-bond acceptors (Lipinski definition) is 7. The van der Waals surface area contributed by atoms with E-state index in [9.17, 15) is 18.0 Å². The fourth-order valence-electron chi connectivity index (χ4n) is 4.01. The van der Waals surface area contributed by atoms with E-state index < -0.39 is 18.0 Å². The summed E-state index contributed by atoms with van der Waals surface area (Å²) in [6.45, 7) is 4.82. The van der Waals surface area contributed by atoms with Gasteiger partial charge in [-0.25, -0.2) is 15.0 Å². The molecule has 0 unspecified atom stereocenters. The number of ether oxygens (including phenoxy) is 1. The van der Waals surface area contributed by atoms with Gasteiger partial charge < -0.3 is 10.1 Å². The van der Waals surface area contributed by atoms with Crippen LogP contribution in [0.5, 0.6) is 0 Å². The SMILES string of the molecule is Cc1cnc(-c2cc(C(=O)N[C@H](C)c3cnc(C(F)(F)F)nc3)cc3c2cnn3[C@H]2CCOC2)s1. The van der Waals surface area contributed by atoms with E-state index in [4.69, 9.17) is 4.74 Å². The standard InChI is InChI=1S/C23H21F3N6O2S/c1-12-7-27-21(35-12)17-5-14(6-19-18(17)10-30-32(19)16-3-4-34-11-16)20(33)31-13(2)15-8-28-22(29-9-15)23(24,25)26/h5-10,13,16H,3-4,11H2,1-2H3,(H,31,33)/t13-,16+/m1/s1. The summed E-state index contributed by atoms with van der Waals surface area (Å²) in [5, 5.41) is 9.06. The van der Waals surface area contributed by atoms with E-state index in [1.54, 1.807) is 31.5 Å². The summed E-state index contributed by atoms with van der Waals surface area (Å²) in [7, 11) is 0. The van der Waals surface area contributed by atoms with Gasteiger partial charge in [-0.3, -0.25) is 9.48 Å². The number of rotatable bonds is 5. The first-order valence-electron chi connectivity index (χ1n) is 10.9. The molecule has 35 heavy (non-hydrogen) atoms. The highest BCUT2D eigenvalue weighted by Gasteiger charge is 2.34. The van der Waals surface area contributed by atoms with Crippen LogP contribution in [0.25, 0.3) is 21.5 Å². The van der Waals surface area contributed by atoms with Gasteiger partial charge in [0.15, 0.2) is 0 Å². The van der Waals surface area contributed by atoms with Gasteiger partial charge in [0.1, 0.15) is 5.01 Å². The second kappa shape index (κ2) is 9.00. The molecule has 1 amide bonds. The van der Waals surface area contributed by atoms with Crippen molar-refractivity contribution in [1.82, 2.24) is 30.0 Å². The minimum absolute atomic E-state index is 0.0694. The van der Waals surface area contributed by atoms with Gasteiger partial charge in [-0.1, -0.05) is 0 Å². The Labute approximate surface area is 202 Å². The Hall–Kier alpha value is -3.38. The lowest BCUT2D eigenvalue weighted by molar-refractivity contribution is -0.145. The molecule has 12 heteroatoms. The molecule has 4 heterocycles. The normalized spacial score (nSPS) is 17.1. The Morgan fingerprint density at radius 3 is 2.60 bits per heavy atom. The number of nitrogens with one attached hydrogen (secondary N) is 1. The lowest BCUT2D eigenvalue weighted by Gasteiger charge is -2.16. The molecular formula is C23H21F3N6O2S.